The van der Waals surface area contributed by atoms with E-state index < -0.39 is 33.1 Å². The number of hydrogen-bond acceptors (Lipinski definition) is 8. The number of hydrogen-bond donors (Lipinski definition) is 2. The molecule has 7 rings (SSSR count). The Morgan fingerprint density at radius 2 is 1.98 bits per heavy atom. The van der Waals surface area contributed by atoms with Crippen molar-refractivity contribution in [3.8, 4) is 11.6 Å². The second-order valence-electron chi connectivity index (χ2n) is 13.1. The van der Waals surface area contributed by atoms with Gasteiger partial charge in [0.2, 0.25) is 5.03 Å². The predicted octanol–water partition coefficient (Wildman–Crippen LogP) is 4.15. The van der Waals surface area contributed by atoms with Gasteiger partial charge in [-0.2, -0.15) is 26.7 Å². The van der Waals surface area contributed by atoms with Gasteiger partial charge in [-0.3, -0.25) is 10.1 Å². The van der Waals surface area contributed by atoms with E-state index in [-0.39, 0.29) is 48.4 Å². The van der Waals surface area contributed by atoms with Crippen LogP contribution >= 0.6 is 0 Å². The van der Waals surface area contributed by atoms with Crippen LogP contribution in [-0.2, 0) is 10.0 Å². The summed E-state index contributed by atoms with van der Waals surface area (Å²) in [6.45, 7) is 5.33. The molecule has 1 unspecified atom stereocenters. The van der Waals surface area contributed by atoms with E-state index in [1.54, 1.807) is 12.1 Å². The SMILES string of the molecule is CC1(C)CC2CN1c1nc(-n3cc(OCCC4(C(F)(F)F)CC4)cn3)ccc1C(=O)NS(=O)(=O)c1cccc3[n+]1[C@H]2CCCN3. The maximum Gasteiger partial charge on any atom is 0.394 e. The molecule has 0 radical (unpaired) electrons. The van der Waals surface area contributed by atoms with Gasteiger partial charge in [-0.05, 0) is 76.6 Å². The number of carbonyl (C=O) groups excluding carboxylic acids is 1. The Bertz CT molecular complexity index is 1770. The van der Waals surface area contributed by atoms with Gasteiger partial charge in [-0.25, -0.2) is 19.0 Å². The number of anilines is 2. The summed E-state index contributed by atoms with van der Waals surface area (Å²) in [5, 5.41) is 7.69. The van der Waals surface area contributed by atoms with Crippen LogP contribution in [0.2, 0.25) is 0 Å². The fraction of sp³-hybridized carbons (Fsp3) is 0.533. The van der Waals surface area contributed by atoms with Crippen molar-refractivity contribution in [3.05, 3.63) is 48.3 Å². The van der Waals surface area contributed by atoms with Crippen molar-refractivity contribution in [2.24, 2.45) is 11.3 Å². The van der Waals surface area contributed by atoms with Gasteiger partial charge in [0, 0.05) is 24.1 Å². The minimum absolute atomic E-state index is 0.0314. The molecule has 3 aliphatic heterocycles. The van der Waals surface area contributed by atoms with Crippen molar-refractivity contribution in [3.63, 3.8) is 0 Å². The minimum atomic E-state index is -4.25. The van der Waals surface area contributed by atoms with Crippen molar-refractivity contribution in [1.82, 2.24) is 19.5 Å². The van der Waals surface area contributed by atoms with Gasteiger partial charge < -0.3 is 9.64 Å². The van der Waals surface area contributed by atoms with Crippen molar-refractivity contribution < 1.29 is 35.7 Å². The van der Waals surface area contributed by atoms with Crippen molar-refractivity contribution in [2.45, 2.75) is 75.2 Å². The number of aromatic nitrogens is 4. The zero-order valence-corrected chi connectivity index (χ0v) is 25.8. The maximum atomic E-state index is 13.7. The third-order valence-electron chi connectivity index (χ3n) is 9.72. The summed E-state index contributed by atoms with van der Waals surface area (Å²) >= 11 is 0. The summed E-state index contributed by atoms with van der Waals surface area (Å²) in [6, 6.07) is 8.01. The Morgan fingerprint density at radius 3 is 2.73 bits per heavy atom. The van der Waals surface area contributed by atoms with E-state index in [9.17, 15) is 26.4 Å². The Morgan fingerprint density at radius 1 is 1.18 bits per heavy atom. The van der Waals surface area contributed by atoms with Crippen LogP contribution < -0.4 is 24.2 Å². The number of alkyl halides is 3. The fourth-order valence-corrected chi connectivity index (χ4v) is 8.32. The predicted molar refractivity (Wildman–Crippen MR) is 157 cm³/mol. The van der Waals surface area contributed by atoms with Crippen molar-refractivity contribution >= 4 is 27.6 Å². The lowest BCUT2D eigenvalue weighted by atomic mass is 9.89. The number of rotatable bonds is 5. The number of fused-ring (bicyclic) bond motifs is 5. The van der Waals surface area contributed by atoms with Gasteiger partial charge >= 0.3 is 16.2 Å². The number of halogens is 3. The monoisotopic (exact) mass is 646 g/mol. The molecule has 2 bridgehead atoms. The summed E-state index contributed by atoms with van der Waals surface area (Å²) in [7, 11) is -4.25. The lowest BCUT2D eigenvalue weighted by Crippen LogP contribution is -2.51. The Balaban J connectivity index is 1.23. The molecular formula is C30H35F3N7O4S+. The highest BCUT2D eigenvalue weighted by Crippen LogP contribution is 2.59. The fourth-order valence-electron chi connectivity index (χ4n) is 7.11. The molecular weight excluding hydrogens is 611 g/mol. The van der Waals surface area contributed by atoms with Crippen molar-refractivity contribution in [1.29, 1.82) is 0 Å². The van der Waals surface area contributed by atoms with Gasteiger partial charge in [0.15, 0.2) is 11.6 Å². The standard InChI is InChI=1S/C30H34F3N7O4S/c1-28(2)15-19-17-38(28)26-21(27(41)37-45(42,43)25-7-3-6-23-34-13-4-5-22(19)40(23)25)8-9-24(36-26)39-18-20(16-35-39)44-14-12-29(10-11-29)30(31,32)33/h3,6-9,16,18-19,22H,4-5,10-15,17H2,1-2H3,(H,37,41)/p+1/t19?,22-/m0/s1. The van der Waals surface area contributed by atoms with E-state index in [0.717, 1.165) is 19.3 Å². The van der Waals surface area contributed by atoms with Crippen molar-refractivity contribution in [2.75, 3.05) is 29.9 Å². The minimum Gasteiger partial charge on any atom is -0.490 e. The Hall–Kier alpha value is -3.88. The zero-order chi connectivity index (χ0) is 31.8. The van der Waals surface area contributed by atoms with E-state index in [1.165, 1.54) is 29.2 Å². The molecule has 240 valence electrons. The first-order chi connectivity index (χ1) is 21.3. The normalized spacial score (nSPS) is 24.3. The molecule has 2 atom stereocenters. The van der Waals surface area contributed by atoms with Crippen LogP contribution in [0.4, 0.5) is 24.8 Å². The van der Waals surface area contributed by atoms with Crippen LogP contribution in [0.3, 0.4) is 0 Å². The first kappa shape index (κ1) is 29.8. The van der Waals surface area contributed by atoms with Crippen LogP contribution in [0.1, 0.15) is 68.8 Å². The number of amides is 1. The first-order valence-electron chi connectivity index (χ1n) is 15.2. The van der Waals surface area contributed by atoms with Gasteiger partial charge in [0.25, 0.3) is 11.7 Å². The highest BCUT2D eigenvalue weighted by Gasteiger charge is 2.62. The highest BCUT2D eigenvalue weighted by molar-refractivity contribution is 7.89. The second-order valence-corrected chi connectivity index (χ2v) is 14.7. The van der Waals surface area contributed by atoms with E-state index >= 15 is 0 Å². The van der Waals surface area contributed by atoms with Crippen LogP contribution in [0, 0.1) is 11.3 Å². The van der Waals surface area contributed by atoms with Gasteiger partial charge in [-0.15, -0.1) is 0 Å². The molecule has 1 saturated heterocycles. The summed E-state index contributed by atoms with van der Waals surface area (Å²) in [5.74, 6) is 0.927. The molecule has 6 heterocycles. The summed E-state index contributed by atoms with van der Waals surface area (Å²) in [5.41, 5.74) is -1.97. The number of ether oxygens (including phenoxy) is 1. The van der Waals surface area contributed by atoms with Gasteiger partial charge in [0.1, 0.15) is 11.9 Å². The Kier molecular flexibility index (Phi) is 6.84. The van der Waals surface area contributed by atoms with Crippen LogP contribution in [0.25, 0.3) is 5.82 Å². The molecule has 15 heteroatoms. The first-order valence-corrected chi connectivity index (χ1v) is 16.7. The lowest BCUT2D eigenvalue weighted by Gasteiger charge is -2.33. The van der Waals surface area contributed by atoms with Crippen LogP contribution in [-0.4, -0.2) is 60.5 Å². The molecule has 45 heavy (non-hydrogen) atoms. The van der Waals surface area contributed by atoms with Gasteiger partial charge in [0.05, 0.1) is 36.5 Å². The number of nitrogens with one attached hydrogen (secondary N) is 2. The van der Waals surface area contributed by atoms with E-state index in [2.05, 4.69) is 33.9 Å². The number of nitrogens with zero attached hydrogens (tertiary/aromatic N) is 5. The Labute approximate surface area is 258 Å². The van der Waals surface area contributed by atoms with Gasteiger partial charge in [-0.1, -0.05) is 0 Å². The summed E-state index contributed by atoms with van der Waals surface area (Å²) in [6.07, 6.45) is 1.17. The number of sulfonamides is 1. The van der Waals surface area contributed by atoms with E-state index in [1.807, 2.05) is 10.6 Å². The zero-order valence-electron chi connectivity index (χ0n) is 25.0. The van der Waals surface area contributed by atoms with E-state index in [0.29, 0.717) is 36.3 Å². The lowest BCUT2D eigenvalue weighted by molar-refractivity contribution is -0.751. The molecule has 11 nitrogen and oxygen atoms in total. The molecule has 3 aromatic rings. The molecule has 1 saturated carbocycles. The topological polar surface area (TPSA) is 122 Å². The third-order valence-corrected chi connectivity index (χ3v) is 11.1. The molecule has 0 aromatic carbocycles. The molecule has 2 N–H and O–H groups in total. The number of pyridine rings is 2. The van der Waals surface area contributed by atoms with E-state index in [4.69, 9.17) is 9.72 Å². The summed E-state index contributed by atoms with van der Waals surface area (Å²) < 4.78 is 78.5. The van der Waals surface area contributed by atoms with Crippen LogP contribution in [0.5, 0.6) is 5.75 Å². The summed E-state index contributed by atoms with van der Waals surface area (Å²) in [4.78, 5) is 20.6. The smallest absolute Gasteiger partial charge is 0.394 e. The second kappa shape index (κ2) is 10.3. The quantitative estimate of drug-likeness (QED) is 0.397. The molecule has 1 aliphatic carbocycles. The molecule has 3 aromatic heterocycles. The molecule has 4 aliphatic rings. The van der Waals surface area contributed by atoms with Crippen LogP contribution in [0.15, 0.2) is 47.8 Å². The maximum absolute atomic E-state index is 13.7. The highest BCUT2D eigenvalue weighted by atomic mass is 32.2. The third kappa shape index (κ3) is 5.18. The average Bonchev–Trinajstić information content (AvgIpc) is 3.60. The average molecular weight is 647 g/mol. The largest absolute Gasteiger partial charge is 0.490 e. The molecule has 1 amide bonds. The number of carbonyl (C=O) groups is 1. The molecule has 0 spiro atoms. The molecule has 2 fully saturated rings.